The van der Waals surface area contributed by atoms with Gasteiger partial charge in [0.15, 0.2) is 0 Å². The maximum Gasteiger partial charge on any atom is 0.243 e. The van der Waals surface area contributed by atoms with Crippen LogP contribution in [0.3, 0.4) is 0 Å². The largest absolute Gasteiger partial charge is 0.495 e. The van der Waals surface area contributed by atoms with E-state index in [1.165, 1.54) is 23.5 Å². The Morgan fingerprint density at radius 2 is 2.17 bits per heavy atom. The molecule has 1 aliphatic heterocycles. The highest BCUT2D eigenvalue weighted by Crippen LogP contribution is 2.31. The van der Waals surface area contributed by atoms with Gasteiger partial charge < -0.3 is 9.30 Å². The fraction of sp³-hybridized carbons (Fsp3) is 0.429. The molecule has 0 spiro atoms. The number of hydrogen-bond acceptors (Lipinski definition) is 5. The Bertz CT molecular complexity index is 821. The average Bonchev–Trinajstić information content (AvgIpc) is 3.15. The van der Waals surface area contributed by atoms with Crippen molar-refractivity contribution >= 4 is 21.6 Å². The van der Waals surface area contributed by atoms with Crippen LogP contribution in [0.4, 0.5) is 0 Å². The number of rotatable bonds is 4. The highest BCUT2D eigenvalue weighted by atomic mass is 35.5. The van der Waals surface area contributed by atoms with Crippen LogP contribution >= 0.6 is 11.6 Å². The summed E-state index contributed by atoms with van der Waals surface area (Å²) in [6, 6.07) is 4.55. The molecule has 1 aromatic carbocycles. The minimum atomic E-state index is -3.58. The minimum absolute atomic E-state index is 0.0495. The molecule has 0 radical (unpaired) electrons. The van der Waals surface area contributed by atoms with E-state index in [0.29, 0.717) is 18.8 Å². The van der Waals surface area contributed by atoms with Crippen LogP contribution in [0.15, 0.2) is 29.4 Å². The fourth-order valence-electron chi connectivity index (χ4n) is 2.77. The lowest BCUT2D eigenvalue weighted by Crippen LogP contribution is -2.29. The van der Waals surface area contributed by atoms with Crippen LogP contribution in [0, 0.1) is 6.92 Å². The van der Waals surface area contributed by atoms with Gasteiger partial charge >= 0.3 is 0 Å². The van der Waals surface area contributed by atoms with Gasteiger partial charge in [0, 0.05) is 13.1 Å². The number of aryl methyl sites for hydroxylation is 1. The van der Waals surface area contributed by atoms with E-state index >= 15 is 0 Å². The van der Waals surface area contributed by atoms with Crippen molar-refractivity contribution in [2.45, 2.75) is 24.3 Å². The minimum Gasteiger partial charge on any atom is -0.495 e. The first-order chi connectivity index (χ1) is 10.9. The van der Waals surface area contributed by atoms with E-state index in [4.69, 9.17) is 16.3 Å². The lowest BCUT2D eigenvalue weighted by molar-refractivity contribution is 0.414. The normalized spacial score (nSPS) is 19.2. The van der Waals surface area contributed by atoms with Crippen molar-refractivity contribution in [3.8, 4) is 5.75 Å². The van der Waals surface area contributed by atoms with Gasteiger partial charge in [0.05, 0.1) is 23.1 Å². The molecule has 7 nitrogen and oxygen atoms in total. The molecule has 1 saturated heterocycles. The lowest BCUT2D eigenvalue weighted by atomic mass is 10.2. The Morgan fingerprint density at radius 3 is 2.78 bits per heavy atom. The Kier molecular flexibility index (Phi) is 4.31. The Labute approximate surface area is 139 Å². The van der Waals surface area contributed by atoms with Crippen LogP contribution in [-0.2, 0) is 10.0 Å². The molecule has 0 N–H and O–H groups in total. The summed E-state index contributed by atoms with van der Waals surface area (Å²) in [6.45, 7) is 2.70. The summed E-state index contributed by atoms with van der Waals surface area (Å²) in [6.07, 6.45) is 2.36. The summed E-state index contributed by atoms with van der Waals surface area (Å²) in [7, 11) is -2.10. The average molecular weight is 357 g/mol. The van der Waals surface area contributed by atoms with Crippen molar-refractivity contribution in [2.24, 2.45) is 0 Å². The van der Waals surface area contributed by atoms with Crippen LogP contribution in [-0.4, -0.2) is 47.7 Å². The van der Waals surface area contributed by atoms with E-state index < -0.39 is 10.0 Å². The Hall–Kier alpha value is -1.64. The summed E-state index contributed by atoms with van der Waals surface area (Å²) in [5, 5.41) is 8.08. The van der Waals surface area contributed by atoms with Gasteiger partial charge in [-0.05, 0) is 31.5 Å². The monoisotopic (exact) mass is 356 g/mol. The number of sulfonamides is 1. The molecular formula is C14H17ClN4O3S. The van der Waals surface area contributed by atoms with Crippen LogP contribution in [0.2, 0.25) is 5.02 Å². The Balaban J connectivity index is 1.84. The zero-order valence-corrected chi connectivity index (χ0v) is 14.4. The van der Waals surface area contributed by atoms with Gasteiger partial charge in [-0.1, -0.05) is 11.6 Å². The molecule has 0 amide bonds. The van der Waals surface area contributed by atoms with Crippen LogP contribution in [0.1, 0.15) is 18.3 Å². The molecule has 0 aliphatic carbocycles. The molecule has 124 valence electrons. The van der Waals surface area contributed by atoms with Crippen molar-refractivity contribution < 1.29 is 13.2 Å². The van der Waals surface area contributed by atoms with E-state index in [1.54, 1.807) is 12.4 Å². The van der Waals surface area contributed by atoms with E-state index in [1.807, 2.05) is 11.5 Å². The number of benzene rings is 1. The number of halogens is 1. The van der Waals surface area contributed by atoms with Crippen molar-refractivity contribution in [3.05, 3.63) is 35.4 Å². The second-order valence-corrected chi connectivity index (χ2v) is 7.73. The first-order valence-electron chi connectivity index (χ1n) is 7.13. The van der Waals surface area contributed by atoms with Crippen LogP contribution in [0.25, 0.3) is 0 Å². The number of hydrogen-bond donors (Lipinski definition) is 0. The third-order valence-corrected chi connectivity index (χ3v) is 6.19. The van der Waals surface area contributed by atoms with E-state index in [9.17, 15) is 8.42 Å². The summed E-state index contributed by atoms with van der Waals surface area (Å²) < 4.78 is 34.0. The summed E-state index contributed by atoms with van der Waals surface area (Å²) >= 11 is 6.04. The van der Waals surface area contributed by atoms with Gasteiger partial charge in [-0.15, -0.1) is 10.2 Å². The van der Waals surface area contributed by atoms with Crippen molar-refractivity contribution in [2.75, 3.05) is 20.2 Å². The highest BCUT2D eigenvalue weighted by molar-refractivity contribution is 7.89. The second kappa shape index (κ2) is 6.10. The first kappa shape index (κ1) is 16.2. The number of aromatic nitrogens is 3. The first-order valence-corrected chi connectivity index (χ1v) is 8.95. The maximum absolute atomic E-state index is 12.8. The molecule has 2 heterocycles. The molecule has 3 rings (SSSR count). The van der Waals surface area contributed by atoms with Gasteiger partial charge in [-0.25, -0.2) is 8.42 Å². The molecule has 0 saturated carbocycles. The number of nitrogens with zero attached hydrogens (tertiary/aromatic N) is 4. The molecule has 1 aliphatic rings. The molecule has 2 aromatic rings. The van der Waals surface area contributed by atoms with Gasteiger partial charge in [0.25, 0.3) is 0 Å². The third kappa shape index (κ3) is 2.93. The van der Waals surface area contributed by atoms with E-state index in [-0.39, 0.29) is 16.0 Å². The predicted molar refractivity (Wildman–Crippen MR) is 85.2 cm³/mol. The van der Waals surface area contributed by atoms with Crippen molar-refractivity contribution in [1.29, 1.82) is 0 Å². The van der Waals surface area contributed by atoms with Crippen molar-refractivity contribution in [3.63, 3.8) is 0 Å². The third-order valence-electron chi connectivity index (χ3n) is 4.03. The SMILES string of the molecule is COc1ccc(S(=O)(=O)N2CCC(n3cnnc3C)C2)cc1Cl. The maximum atomic E-state index is 12.8. The lowest BCUT2D eigenvalue weighted by Gasteiger charge is -2.18. The van der Waals surface area contributed by atoms with Gasteiger partial charge in [0.1, 0.15) is 17.9 Å². The summed E-state index contributed by atoms with van der Waals surface area (Å²) in [4.78, 5) is 0.171. The van der Waals surface area contributed by atoms with Crippen LogP contribution < -0.4 is 4.74 Å². The molecule has 0 bridgehead atoms. The van der Waals surface area contributed by atoms with Crippen LogP contribution in [0.5, 0.6) is 5.75 Å². The fourth-order valence-corrected chi connectivity index (χ4v) is 4.61. The molecule has 1 unspecified atom stereocenters. The molecule has 1 atom stereocenters. The van der Waals surface area contributed by atoms with Gasteiger partial charge in [-0.3, -0.25) is 0 Å². The second-order valence-electron chi connectivity index (χ2n) is 5.39. The zero-order chi connectivity index (χ0) is 16.6. The molecule has 1 aromatic heterocycles. The quantitative estimate of drug-likeness (QED) is 0.836. The summed E-state index contributed by atoms with van der Waals surface area (Å²) in [5.41, 5.74) is 0. The molecular weight excluding hydrogens is 340 g/mol. The molecule has 1 fully saturated rings. The molecule has 23 heavy (non-hydrogen) atoms. The number of ether oxygens (including phenoxy) is 1. The molecule has 9 heteroatoms. The predicted octanol–water partition coefficient (Wildman–Crippen LogP) is 1.88. The number of methoxy groups -OCH3 is 1. The topological polar surface area (TPSA) is 77.3 Å². The van der Waals surface area contributed by atoms with E-state index in [0.717, 1.165) is 12.2 Å². The van der Waals surface area contributed by atoms with Gasteiger partial charge in [-0.2, -0.15) is 4.31 Å². The standard InChI is InChI=1S/C14H17ClN4O3S/c1-10-17-16-9-19(10)11-5-6-18(8-11)23(20,21)12-3-4-14(22-2)13(15)7-12/h3-4,7,9,11H,5-6,8H2,1-2H3. The van der Waals surface area contributed by atoms with Gasteiger partial charge in [0.2, 0.25) is 10.0 Å². The Morgan fingerprint density at radius 1 is 1.39 bits per heavy atom. The summed E-state index contributed by atoms with van der Waals surface area (Å²) in [5.74, 6) is 1.23. The van der Waals surface area contributed by atoms with E-state index in [2.05, 4.69) is 10.2 Å². The zero-order valence-electron chi connectivity index (χ0n) is 12.8. The van der Waals surface area contributed by atoms with Crippen molar-refractivity contribution in [1.82, 2.24) is 19.1 Å². The smallest absolute Gasteiger partial charge is 0.243 e. The highest BCUT2D eigenvalue weighted by Gasteiger charge is 2.34.